The highest BCUT2D eigenvalue weighted by atomic mass is 79.9. The van der Waals surface area contributed by atoms with E-state index in [0.717, 1.165) is 32.4 Å². The second-order valence-electron chi connectivity index (χ2n) is 4.26. The van der Waals surface area contributed by atoms with Gasteiger partial charge in [0.1, 0.15) is 11.5 Å². The Morgan fingerprint density at radius 2 is 1.47 bits per heavy atom. The summed E-state index contributed by atoms with van der Waals surface area (Å²) in [5.74, 6) is 1.62. The molecule has 19 heavy (non-hydrogen) atoms. The van der Waals surface area contributed by atoms with Gasteiger partial charge in [-0.1, -0.05) is 40.2 Å². The van der Waals surface area contributed by atoms with E-state index in [1.165, 1.54) is 0 Å². The average molecular weight is 314 g/mol. The van der Waals surface area contributed by atoms with Crippen LogP contribution in [0, 0.1) is 0 Å². The minimum absolute atomic E-state index is 0.730. The summed E-state index contributed by atoms with van der Waals surface area (Å²) in [6, 6.07) is 19.5. The van der Waals surface area contributed by atoms with Gasteiger partial charge in [0.2, 0.25) is 0 Å². The highest BCUT2D eigenvalue weighted by Gasteiger charge is 2.05. The van der Waals surface area contributed by atoms with Crippen LogP contribution < -0.4 is 10.5 Å². The van der Waals surface area contributed by atoms with E-state index in [1.54, 1.807) is 0 Å². The van der Waals surface area contributed by atoms with Crippen LogP contribution in [0.1, 0.15) is 0 Å². The maximum atomic E-state index is 5.93. The predicted molar refractivity (Wildman–Crippen MR) is 82.6 cm³/mol. The number of anilines is 1. The number of fused-ring (bicyclic) bond motifs is 1. The van der Waals surface area contributed by atoms with E-state index in [-0.39, 0.29) is 0 Å². The second-order valence-corrected chi connectivity index (χ2v) is 5.12. The van der Waals surface area contributed by atoms with E-state index >= 15 is 0 Å². The molecule has 0 saturated heterocycles. The molecule has 3 aromatic carbocycles. The normalized spacial score (nSPS) is 10.6. The smallest absolute Gasteiger partial charge is 0.135 e. The Hall–Kier alpha value is -2.00. The van der Waals surface area contributed by atoms with E-state index < -0.39 is 0 Å². The Balaban J connectivity index is 2.06. The Labute approximate surface area is 119 Å². The van der Waals surface area contributed by atoms with Crippen molar-refractivity contribution in [2.24, 2.45) is 0 Å². The predicted octanol–water partition coefficient (Wildman–Crippen LogP) is 4.98. The van der Waals surface area contributed by atoms with Gasteiger partial charge in [0.05, 0.1) is 0 Å². The Bertz CT molecular complexity index is 722. The molecule has 2 N–H and O–H groups in total. The molecule has 0 amide bonds. The van der Waals surface area contributed by atoms with Crippen LogP contribution >= 0.6 is 15.9 Å². The molecule has 3 heteroatoms. The minimum atomic E-state index is 0.730. The topological polar surface area (TPSA) is 35.2 Å². The summed E-state index contributed by atoms with van der Waals surface area (Å²) in [4.78, 5) is 0. The van der Waals surface area contributed by atoms with Crippen LogP contribution in [0.25, 0.3) is 10.8 Å². The summed E-state index contributed by atoms with van der Waals surface area (Å²) >= 11 is 3.55. The lowest BCUT2D eigenvalue weighted by atomic mass is 10.1. The summed E-state index contributed by atoms with van der Waals surface area (Å²) in [6.45, 7) is 0. The number of nitrogens with two attached hydrogens (primary N) is 1. The lowest BCUT2D eigenvalue weighted by Gasteiger charge is -2.10. The number of benzene rings is 3. The molecule has 94 valence electrons. The third kappa shape index (κ3) is 2.42. The van der Waals surface area contributed by atoms with Gasteiger partial charge >= 0.3 is 0 Å². The molecule has 0 heterocycles. The van der Waals surface area contributed by atoms with Gasteiger partial charge in [0, 0.05) is 15.5 Å². The van der Waals surface area contributed by atoms with E-state index in [4.69, 9.17) is 10.5 Å². The molecular formula is C16H12BrNO. The number of hydrogen-bond donors (Lipinski definition) is 1. The van der Waals surface area contributed by atoms with E-state index in [9.17, 15) is 0 Å². The van der Waals surface area contributed by atoms with Crippen molar-refractivity contribution >= 4 is 32.4 Å². The van der Waals surface area contributed by atoms with Crippen LogP contribution in [0.3, 0.4) is 0 Å². The molecule has 3 aromatic rings. The molecular weight excluding hydrogens is 302 g/mol. The summed E-state index contributed by atoms with van der Waals surface area (Å²) in [7, 11) is 0. The third-order valence-electron chi connectivity index (χ3n) is 2.94. The molecule has 2 nitrogen and oxygen atoms in total. The Morgan fingerprint density at radius 3 is 2.26 bits per heavy atom. The molecule has 0 aliphatic heterocycles. The summed E-state index contributed by atoms with van der Waals surface area (Å²) in [5.41, 5.74) is 6.40. The fourth-order valence-corrected chi connectivity index (χ4v) is 2.49. The lowest BCUT2D eigenvalue weighted by molar-refractivity contribution is 0.488. The Kier molecular flexibility index (Phi) is 3.13. The van der Waals surface area contributed by atoms with Gasteiger partial charge < -0.3 is 10.5 Å². The molecule has 0 bridgehead atoms. The van der Waals surface area contributed by atoms with Gasteiger partial charge in [-0.3, -0.25) is 0 Å². The van der Waals surface area contributed by atoms with Gasteiger partial charge in [-0.15, -0.1) is 0 Å². The zero-order valence-corrected chi connectivity index (χ0v) is 11.7. The van der Waals surface area contributed by atoms with E-state index in [2.05, 4.69) is 22.0 Å². The van der Waals surface area contributed by atoms with Gasteiger partial charge in [0.25, 0.3) is 0 Å². The zero-order chi connectivity index (χ0) is 13.2. The molecule has 0 aromatic heterocycles. The van der Waals surface area contributed by atoms with Crippen LogP contribution in [-0.4, -0.2) is 0 Å². The fraction of sp³-hybridized carbons (Fsp3) is 0. The molecule has 0 fully saturated rings. The number of rotatable bonds is 2. The first kappa shape index (κ1) is 12.1. The van der Waals surface area contributed by atoms with Crippen molar-refractivity contribution in [2.75, 3.05) is 5.73 Å². The highest BCUT2D eigenvalue weighted by Crippen LogP contribution is 2.33. The first-order valence-corrected chi connectivity index (χ1v) is 6.74. The van der Waals surface area contributed by atoms with Gasteiger partial charge in [0.15, 0.2) is 0 Å². The quantitative estimate of drug-likeness (QED) is 0.677. The maximum absolute atomic E-state index is 5.93. The molecule has 0 aliphatic carbocycles. The first-order chi connectivity index (χ1) is 9.24. The van der Waals surface area contributed by atoms with Gasteiger partial charge in [-0.25, -0.2) is 0 Å². The standard InChI is InChI=1S/C16H12BrNO/c17-15-5-1-4-14-13(15)3-2-6-16(14)19-12-9-7-11(18)8-10-12/h1-10H,18H2. The molecule has 0 saturated carbocycles. The van der Waals surface area contributed by atoms with Crippen molar-refractivity contribution < 1.29 is 4.74 Å². The molecule has 0 radical (unpaired) electrons. The maximum Gasteiger partial charge on any atom is 0.135 e. The average Bonchev–Trinajstić information content (AvgIpc) is 2.43. The monoisotopic (exact) mass is 313 g/mol. The first-order valence-electron chi connectivity index (χ1n) is 5.95. The van der Waals surface area contributed by atoms with Crippen LogP contribution in [0.5, 0.6) is 11.5 Å². The summed E-state index contributed by atoms with van der Waals surface area (Å²) in [5, 5.41) is 2.21. The molecule has 3 rings (SSSR count). The van der Waals surface area contributed by atoms with Crippen molar-refractivity contribution in [3.8, 4) is 11.5 Å². The van der Waals surface area contributed by atoms with E-state index in [1.807, 2.05) is 54.6 Å². The molecule has 0 unspecified atom stereocenters. The van der Waals surface area contributed by atoms with Crippen molar-refractivity contribution in [1.82, 2.24) is 0 Å². The number of nitrogen functional groups attached to an aromatic ring is 1. The highest BCUT2D eigenvalue weighted by molar-refractivity contribution is 9.10. The second kappa shape index (κ2) is 4.94. The zero-order valence-electron chi connectivity index (χ0n) is 10.1. The third-order valence-corrected chi connectivity index (χ3v) is 3.63. The molecule has 0 atom stereocenters. The summed E-state index contributed by atoms with van der Waals surface area (Å²) in [6.07, 6.45) is 0. The van der Waals surface area contributed by atoms with Crippen molar-refractivity contribution in [2.45, 2.75) is 0 Å². The van der Waals surface area contributed by atoms with E-state index in [0.29, 0.717) is 0 Å². The van der Waals surface area contributed by atoms with Crippen molar-refractivity contribution in [1.29, 1.82) is 0 Å². The SMILES string of the molecule is Nc1ccc(Oc2cccc3c(Br)cccc23)cc1. The van der Waals surface area contributed by atoms with Gasteiger partial charge in [-0.2, -0.15) is 0 Å². The van der Waals surface area contributed by atoms with Crippen molar-refractivity contribution in [3.05, 3.63) is 65.1 Å². The molecule has 0 spiro atoms. The van der Waals surface area contributed by atoms with Crippen LogP contribution in [0.4, 0.5) is 5.69 Å². The Morgan fingerprint density at radius 1 is 0.789 bits per heavy atom. The number of halogens is 1. The number of ether oxygens (including phenoxy) is 1. The fourth-order valence-electron chi connectivity index (χ4n) is 1.99. The van der Waals surface area contributed by atoms with Crippen LogP contribution in [-0.2, 0) is 0 Å². The minimum Gasteiger partial charge on any atom is -0.457 e. The van der Waals surface area contributed by atoms with Crippen LogP contribution in [0.15, 0.2) is 65.1 Å². The van der Waals surface area contributed by atoms with Crippen LogP contribution in [0.2, 0.25) is 0 Å². The summed E-state index contributed by atoms with van der Waals surface area (Å²) < 4.78 is 6.99. The number of hydrogen-bond acceptors (Lipinski definition) is 2. The lowest BCUT2D eigenvalue weighted by Crippen LogP contribution is -1.88. The van der Waals surface area contributed by atoms with Crippen molar-refractivity contribution in [3.63, 3.8) is 0 Å². The van der Waals surface area contributed by atoms with Gasteiger partial charge in [-0.05, 0) is 41.8 Å². The molecule has 0 aliphatic rings. The largest absolute Gasteiger partial charge is 0.457 e.